The van der Waals surface area contributed by atoms with Crippen LogP contribution in [0, 0.1) is 19.7 Å². The first kappa shape index (κ1) is 27.7. The number of hydrogen-bond acceptors (Lipinski definition) is 5. The first-order chi connectivity index (χ1) is 18.4. The summed E-state index contributed by atoms with van der Waals surface area (Å²) in [5.74, 6) is 0.468. The molecular weight excluding hydrogens is 517 g/mol. The van der Waals surface area contributed by atoms with E-state index in [0.29, 0.717) is 5.56 Å². The second-order valence-corrected chi connectivity index (χ2v) is 10.8. The predicted molar refractivity (Wildman–Crippen MR) is 155 cm³/mol. The highest BCUT2D eigenvalue weighted by molar-refractivity contribution is 7.99. The lowest BCUT2D eigenvalue weighted by Crippen LogP contribution is -2.76. The normalized spacial score (nSPS) is 10.8. The Morgan fingerprint density at radius 2 is 1.63 bits per heavy atom. The van der Waals surface area contributed by atoms with Crippen molar-refractivity contribution in [2.24, 2.45) is 0 Å². The van der Waals surface area contributed by atoms with E-state index in [9.17, 15) is 9.18 Å². The van der Waals surface area contributed by atoms with Crippen molar-refractivity contribution < 1.29 is 19.5 Å². The molecule has 8 heteroatoms. The summed E-state index contributed by atoms with van der Waals surface area (Å²) in [6, 6.07) is 26.0. The largest absolute Gasteiger partial charge is 0.379 e. The number of hydrogen-bond donors (Lipinski definition) is 3. The summed E-state index contributed by atoms with van der Waals surface area (Å²) in [5.41, 5.74) is 8.52. The van der Waals surface area contributed by atoms with Crippen LogP contribution in [-0.4, -0.2) is 25.3 Å². The van der Waals surface area contributed by atoms with Crippen LogP contribution in [0.1, 0.15) is 21.5 Å². The van der Waals surface area contributed by atoms with E-state index in [1.54, 1.807) is 36.9 Å². The van der Waals surface area contributed by atoms with Gasteiger partial charge in [0.15, 0.2) is 5.69 Å². The average molecular weight is 549 g/mol. The van der Waals surface area contributed by atoms with Crippen LogP contribution in [0.15, 0.2) is 94.7 Å². The van der Waals surface area contributed by atoms with Crippen LogP contribution in [0.25, 0.3) is 11.1 Å². The van der Waals surface area contributed by atoms with Gasteiger partial charge in [-0.05, 0) is 85.0 Å². The van der Waals surface area contributed by atoms with Gasteiger partial charge in [0.05, 0.1) is 12.8 Å². The lowest BCUT2D eigenvalue weighted by molar-refractivity contribution is -0.829. The van der Waals surface area contributed by atoms with Gasteiger partial charge in [-0.2, -0.15) is 5.48 Å². The third-order valence-corrected chi connectivity index (χ3v) is 7.81. The maximum atomic E-state index is 13.2. The molecule has 0 saturated heterocycles. The van der Waals surface area contributed by atoms with E-state index in [2.05, 4.69) is 42.1 Å². The number of benzene rings is 4. The molecule has 0 atom stereocenters. The Balaban J connectivity index is 1.31. The average Bonchev–Trinajstić information content (AvgIpc) is 2.92. The fourth-order valence-corrected chi connectivity index (χ4v) is 5.44. The van der Waals surface area contributed by atoms with Crippen molar-refractivity contribution in [3.05, 3.63) is 107 Å². The van der Waals surface area contributed by atoms with Gasteiger partial charge in [-0.3, -0.25) is 9.52 Å². The number of halogens is 1. The van der Waals surface area contributed by atoms with Gasteiger partial charge in [-0.1, -0.05) is 42.0 Å². The minimum atomic E-state index is -0.274. The number of thioether (sulfide) groups is 1. The molecule has 0 unspecified atom stereocenters. The van der Waals surface area contributed by atoms with Crippen LogP contribution < -0.4 is 15.5 Å². The second-order valence-electron chi connectivity index (χ2n) is 8.76. The minimum Gasteiger partial charge on any atom is -0.379 e. The molecule has 0 saturated carbocycles. The molecule has 1 amide bonds. The van der Waals surface area contributed by atoms with Gasteiger partial charge in [-0.15, -0.1) is 11.8 Å². The molecule has 4 aromatic carbocycles. The van der Waals surface area contributed by atoms with E-state index in [1.807, 2.05) is 42.1 Å². The summed E-state index contributed by atoms with van der Waals surface area (Å²) in [4.78, 5) is 20.2. The topological polar surface area (TPSA) is 67.0 Å². The summed E-state index contributed by atoms with van der Waals surface area (Å²) in [5, 5.41) is 3.49. The summed E-state index contributed by atoms with van der Waals surface area (Å²) in [6.07, 6.45) is 0. The SMILES string of the molecule is CO[NH2+]c1cc(SNC(=O)c2ccc(-c3ccc(F)cc3)cc2)ccc1NCCSc1ccc(C)cc1C. The maximum absolute atomic E-state index is 13.2. The van der Waals surface area contributed by atoms with Gasteiger partial charge < -0.3 is 5.32 Å². The molecule has 0 aromatic heterocycles. The smallest absolute Gasteiger partial charge is 0.261 e. The Bertz CT molecular complexity index is 1380. The Labute approximate surface area is 231 Å². The van der Waals surface area contributed by atoms with Crippen molar-refractivity contribution in [3.8, 4) is 11.1 Å². The molecular formula is C30H31FN3O2S2+. The molecule has 0 aliphatic carbocycles. The maximum Gasteiger partial charge on any atom is 0.261 e. The lowest BCUT2D eigenvalue weighted by Gasteiger charge is -2.12. The van der Waals surface area contributed by atoms with Crippen LogP contribution in [0.4, 0.5) is 15.8 Å². The fraction of sp³-hybridized carbons (Fsp3) is 0.167. The summed E-state index contributed by atoms with van der Waals surface area (Å²) in [7, 11) is 1.62. The molecule has 0 fully saturated rings. The molecule has 4 aromatic rings. The van der Waals surface area contributed by atoms with Crippen molar-refractivity contribution >= 4 is 41.0 Å². The third kappa shape index (κ3) is 7.61. The van der Waals surface area contributed by atoms with E-state index < -0.39 is 0 Å². The predicted octanol–water partition coefficient (Wildman–Crippen LogP) is 6.51. The Hall–Kier alpha value is -3.30. The zero-order valence-electron chi connectivity index (χ0n) is 21.6. The molecule has 0 aliphatic heterocycles. The number of rotatable bonds is 11. The monoisotopic (exact) mass is 548 g/mol. The zero-order chi connectivity index (χ0) is 26.9. The van der Waals surface area contributed by atoms with Crippen LogP contribution in [0.5, 0.6) is 0 Å². The molecule has 5 nitrogen and oxygen atoms in total. The number of anilines is 1. The summed E-state index contributed by atoms with van der Waals surface area (Å²) < 4.78 is 16.1. The van der Waals surface area contributed by atoms with E-state index in [0.717, 1.165) is 39.7 Å². The molecule has 0 aliphatic rings. The van der Waals surface area contributed by atoms with Crippen molar-refractivity contribution in [3.63, 3.8) is 0 Å². The van der Waals surface area contributed by atoms with Crippen molar-refractivity contribution in [1.29, 1.82) is 0 Å². The quantitative estimate of drug-likeness (QED) is 0.0656. The number of nitrogens with two attached hydrogens (primary N) is 1. The Morgan fingerprint density at radius 1 is 0.921 bits per heavy atom. The van der Waals surface area contributed by atoms with Gasteiger partial charge in [0.1, 0.15) is 5.82 Å². The summed E-state index contributed by atoms with van der Waals surface area (Å²) in [6.45, 7) is 5.06. The number of amides is 1. The fourth-order valence-electron chi connectivity index (χ4n) is 3.92. The van der Waals surface area contributed by atoms with Crippen molar-refractivity contribution in [2.45, 2.75) is 23.6 Å². The van der Waals surface area contributed by atoms with E-state index in [1.165, 1.54) is 40.1 Å². The molecule has 0 spiro atoms. The highest BCUT2D eigenvalue weighted by Gasteiger charge is 2.11. The highest BCUT2D eigenvalue weighted by Crippen LogP contribution is 2.27. The van der Waals surface area contributed by atoms with Gasteiger partial charge in [0.2, 0.25) is 0 Å². The van der Waals surface area contributed by atoms with E-state index in [-0.39, 0.29) is 11.7 Å². The van der Waals surface area contributed by atoms with Crippen LogP contribution in [-0.2, 0) is 4.84 Å². The molecule has 4 rings (SSSR count). The number of carbonyl (C=O) groups is 1. The molecule has 38 heavy (non-hydrogen) atoms. The zero-order valence-corrected chi connectivity index (χ0v) is 23.2. The first-order valence-electron chi connectivity index (χ1n) is 12.2. The molecule has 196 valence electrons. The molecule has 0 heterocycles. The molecule has 0 radical (unpaired) electrons. The Kier molecular flexibility index (Phi) is 9.84. The number of carbonyl (C=O) groups excluding carboxylic acids is 1. The lowest BCUT2D eigenvalue weighted by atomic mass is 10.0. The van der Waals surface area contributed by atoms with E-state index in [4.69, 9.17) is 4.84 Å². The number of nitrogens with one attached hydrogen (secondary N) is 2. The van der Waals surface area contributed by atoms with Gasteiger partial charge in [-0.25, -0.2) is 9.23 Å². The number of quaternary nitrogens is 1. The van der Waals surface area contributed by atoms with Crippen LogP contribution in [0.2, 0.25) is 0 Å². The molecule has 0 bridgehead atoms. The van der Waals surface area contributed by atoms with Gasteiger partial charge in [0.25, 0.3) is 5.91 Å². The summed E-state index contributed by atoms with van der Waals surface area (Å²) >= 11 is 3.09. The van der Waals surface area contributed by atoms with E-state index >= 15 is 0 Å². The minimum absolute atomic E-state index is 0.191. The first-order valence-corrected chi connectivity index (χ1v) is 14.0. The van der Waals surface area contributed by atoms with Crippen molar-refractivity contribution in [1.82, 2.24) is 4.72 Å². The second kappa shape index (κ2) is 13.5. The van der Waals surface area contributed by atoms with Crippen LogP contribution in [0.3, 0.4) is 0 Å². The standard InChI is InChI=1S/C30H30FN3O2S2/c1-20-4-15-29(21(2)18-20)37-17-16-32-27-14-13-26(19-28(27)33-36-3)38-34-30(35)24-7-5-22(6-8-24)23-9-11-25(31)12-10-23/h4-15,18-19,32-33H,16-17H2,1-3H3,(H,34,35)/p+1. The van der Waals surface area contributed by atoms with Crippen molar-refractivity contribution in [2.75, 3.05) is 24.7 Å². The Morgan fingerprint density at radius 3 is 2.32 bits per heavy atom. The third-order valence-electron chi connectivity index (χ3n) is 5.86. The van der Waals surface area contributed by atoms with Gasteiger partial charge >= 0.3 is 0 Å². The molecule has 4 N–H and O–H groups in total. The highest BCUT2D eigenvalue weighted by atomic mass is 32.2. The number of aryl methyl sites for hydroxylation is 2. The van der Waals surface area contributed by atoms with Crippen LogP contribution >= 0.6 is 23.7 Å². The van der Waals surface area contributed by atoms with Gasteiger partial charge in [0, 0.05) is 33.7 Å².